The topological polar surface area (TPSA) is 84.5 Å². The molecule has 0 spiro atoms. The van der Waals surface area contributed by atoms with Crippen molar-refractivity contribution in [1.29, 1.82) is 0 Å². The maximum Gasteiger partial charge on any atom is 0.328 e. The van der Waals surface area contributed by atoms with Crippen molar-refractivity contribution in [3.05, 3.63) is 70.5 Å². The first-order valence-corrected chi connectivity index (χ1v) is 9.66. The number of halogens is 1. The van der Waals surface area contributed by atoms with Crippen LogP contribution in [0.1, 0.15) is 29.2 Å². The number of nitrogens with one attached hydrogen (secondary N) is 2. The van der Waals surface area contributed by atoms with Gasteiger partial charge in [0.15, 0.2) is 0 Å². The minimum Gasteiger partial charge on any atom is -0.467 e. The van der Waals surface area contributed by atoms with Crippen LogP contribution >= 0.6 is 0 Å². The largest absolute Gasteiger partial charge is 0.467 e. The maximum absolute atomic E-state index is 14.0. The number of hydrogen-bond acceptors (Lipinski definition) is 4. The van der Waals surface area contributed by atoms with Gasteiger partial charge in [-0.05, 0) is 42.2 Å². The Bertz CT molecular complexity index is 929. The fraction of sp³-hybridized carbons (Fsp3) is 0.348. The lowest BCUT2D eigenvalue weighted by atomic mass is 10.00. The zero-order valence-corrected chi connectivity index (χ0v) is 17.6. The fourth-order valence-electron chi connectivity index (χ4n) is 3.11. The molecule has 0 aliphatic carbocycles. The van der Waals surface area contributed by atoms with Crippen LogP contribution < -0.4 is 10.6 Å². The molecule has 6 nitrogen and oxygen atoms in total. The monoisotopic (exact) mass is 414 g/mol. The van der Waals surface area contributed by atoms with Crippen LogP contribution in [0.3, 0.4) is 0 Å². The van der Waals surface area contributed by atoms with Gasteiger partial charge in [0, 0.05) is 19.8 Å². The van der Waals surface area contributed by atoms with E-state index in [1.807, 2.05) is 32.0 Å². The first-order chi connectivity index (χ1) is 14.2. The van der Waals surface area contributed by atoms with Gasteiger partial charge in [-0.25, -0.2) is 9.18 Å². The predicted octanol–water partition coefficient (Wildman–Crippen LogP) is 2.39. The number of benzene rings is 2. The number of esters is 1. The Morgan fingerprint density at radius 2 is 1.67 bits per heavy atom. The zero-order chi connectivity index (χ0) is 22.3. The molecule has 0 fully saturated rings. The molecule has 0 aliphatic rings. The van der Waals surface area contributed by atoms with Crippen molar-refractivity contribution in [3.63, 3.8) is 0 Å². The van der Waals surface area contributed by atoms with E-state index in [0.717, 1.165) is 16.7 Å². The molecule has 2 aromatic carbocycles. The third kappa shape index (κ3) is 6.40. The van der Waals surface area contributed by atoms with Gasteiger partial charge < -0.3 is 15.4 Å². The summed E-state index contributed by atoms with van der Waals surface area (Å²) in [5.74, 6) is -2.10. The summed E-state index contributed by atoms with van der Waals surface area (Å²) in [7, 11) is 1.24. The molecule has 0 heterocycles. The Labute approximate surface area is 175 Å². The lowest BCUT2D eigenvalue weighted by Gasteiger charge is -2.22. The van der Waals surface area contributed by atoms with Crippen molar-refractivity contribution in [2.24, 2.45) is 0 Å². The molecule has 0 saturated heterocycles. The van der Waals surface area contributed by atoms with E-state index in [1.165, 1.54) is 20.1 Å². The summed E-state index contributed by atoms with van der Waals surface area (Å²) in [6.45, 7) is 5.22. The summed E-state index contributed by atoms with van der Waals surface area (Å²) < 4.78 is 18.9. The SMILES string of the molecule is COC(=O)[C@@H](Cc1ccc(C)c(C)c1)NC(=O)[C@H](Cc1ccccc1F)NC(C)=O. The normalized spacial score (nSPS) is 12.6. The molecule has 0 radical (unpaired) electrons. The highest BCUT2D eigenvalue weighted by Crippen LogP contribution is 2.13. The second kappa shape index (κ2) is 10.5. The summed E-state index contributed by atoms with van der Waals surface area (Å²) in [5.41, 5.74) is 3.33. The van der Waals surface area contributed by atoms with Crippen LogP contribution in [0.25, 0.3) is 0 Å². The number of amides is 2. The van der Waals surface area contributed by atoms with E-state index in [0.29, 0.717) is 0 Å². The van der Waals surface area contributed by atoms with E-state index >= 15 is 0 Å². The fourth-order valence-corrected chi connectivity index (χ4v) is 3.11. The number of carbonyl (C=O) groups is 3. The molecular formula is C23H27FN2O4. The molecule has 2 N–H and O–H groups in total. The molecular weight excluding hydrogens is 387 g/mol. The van der Waals surface area contributed by atoms with Crippen LogP contribution in [-0.2, 0) is 32.0 Å². The molecule has 0 saturated carbocycles. The Balaban J connectivity index is 2.20. The first-order valence-electron chi connectivity index (χ1n) is 9.66. The summed E-state index contributed by atoms with van der Waals surface area (Å²) in [4.78, 5) is 36.8. The second-order valence-electron chi connectivity index (χ2n) is 7.26. The standard InChI is InChI=1S/C23H27FN2O4/c1-14-9-10-17(11-15(14)2)12-21(23(29)30-4)26-22(28)20(25-16(3)27)13-18-7-5-6-8-19(18)24/h5-11,20-21H,12-13H2,1-4H3,(H,25,27)(H,26,28)/t20-,21+/m0/s1. The van der Waals surface area contributed by atoms with Crippen LogP contribution in [0.4, 0.5) is 4.39 Å². The predicted molar refractivity (Wildman–Crippen MR) is 111 cm³/mol. The average molecular weight is 414 g/mol. The van der Waals surface area contributed by atoms with E-state index < -0.39 is 35.7 Å². The molecule has 2 amide bonds. The smallest absolute Gasteiger partial charge is 0.328 e. The summed E-state index contributed by atoms with van der Waals surface area (Å²) >= 11 is 0. The van der Waals surface area contributed by atoms with Gasteiger partial charge in [0.2, 0.25) is 11.8 Å². The average Bonchev–Trinajstić information content (AvgIpc) is 2.70. The number of aryl methyl sites for hydroxylation is 2. The number of methoxy groups -OCH3 is 1. The molecule has 2 atom stereocenters. The molecule has 0 aromatic heterocycles. The van der Waals surface area contributed by atoms with Gasteiger partial charge >= 0.3 is 5.97 Å². The van der Waals surface area contributed by atoms with Gasteiger partial charge in [0.1, 0.15) is 17.9 Å². The van der Waals surface area contributed by atoms with Gasteiger partial charge in [-0.2, -0.15) is 0 Å². The Morgan fingerprint density at radius 1 is 0.967 bits per heavy atom. The van der Waals surface area contributed by atoms with E-state index in [9.17, 15) is 18.8 Å². The first kappa shape index (κ1) is 23.1. The number of hydrogen-bond donors (Lipinski definition) is 2. The molecule has 2 aromatic rings. The van der Waals surface area contributed by atoms with Gasteiger partial charge in [0.05, 0.1) is 7.11 Å². The van der Waals surface area contributed by atoms with Crippen LogP contribution in [0.15, 0.2) is 42.5 Å². The summed E-state index contributed by atoms with van der Waals surface area (Å²) in [6.07, 6.45) is 0.182. The van der Waals surface area contributed by atoms with E-state index in [-0.39, 0.29) is 18.4 Å². The summed E-state index contributed by atoms with van der Waals surface area (Å²) in [5, 5.41) is 5.17. The van der Waals surface area contributed by atoms with E-state index in [1.54, 1.807) is 18.2 Å². The van der Waals surface area contributed by atoms with Crippen molar-refractivity contribution in [2.75, 3.05) is 7.11 Å². The minimum atomic E-state index is -1.04. The van der Waals surface area contributed by atoms with E-state index in [2.05, 4.69) is 10.6 Å². The van der Waals surface area contributed by atoms with Crippen molar-refractivity contribution < 1.29 is 23.5 Å². The van der Waals surface area contributed by atoms with Crippen molar-refractivity contribution in [1.82, 2.24) is 10.6 Å². The van der Waals surface area contributed by atoms with Crippen molar-refractivity contribution >= 4 is 17.8 Å². The highest BCUT2D eigenvalue weighted by molar-refractivity contribution is 5.90. The Morgan fingerprint density at radius 3 is 2.27 bits per heavy atom. The number of ether oxygens (including phenoxy) is 1. The van der Waals surface area contributed by atoms with Crippen LogP contribution in [0.2, 0.25) is 0 Å². The number of rotatable bonds is 8. The van der Waals surface area contributed by atoms with Gasteiger partial charge in [-0.1, -0.05) is 36.4 Å². The third-order valence-corrected chi connectivity index (χ3v) is 4.89. The van der Waals surface area contributed by atoms with E-state index in [4.69, 9.17) is 4.74 Å². The van der Waals surface area contributed by atoms with Crippen molar-refractivity contribution in [3.8, 4) is 0 Å². The highest BCUT2D eigenvalue weighted by Gasteiger charge is 2.28. The van der Waals surface area contributed by atoms with Crippen LogP contribution in [0, 0.1) is 19.7 Å². The third-order valence-electron chi connectivity index (χ3n) is 4.89. The Hall–Kier alpha value is -3.22. The molecule has 30 heavy (non-hydrogen) atoms. The van der Waals surface area contributed by atoms with Gasteiger partial charge in [-0.15, -0.1) is 0 Å². The van der Waals surface area contributed by atoms with Crippen LogP contribution in [0.5, 0.6) is 0 Å². The lowest BCUT2D eigenvalue weighted by Crippen LogP contribution is -2.53. The minimum absolute atomic E-state index is 0.0460. The summed E-state index contributed by atoms with van der Waals surface area (Å²) in [6, 6.07) is 9.82. The molecule has 7 heteroatoms. The molecule has 0 bridgehead atoms. The lowest BCUT2D eigenvalue weighted by molar-refractivity contribution is -0.145. The molecule has 0 unspecified atom stereocenters. The van der Waals surface area contributed by atoms with Gasteiger partial charge in [0.25, 0.3) is 0 Å². The van der Waals surface area contributed by atoms with Gasteiger partial charge in [-0.3, -0.25) is 9.59 Å². The maximum atomic E-state index is 14.0. The highest BCUT2D eigenvalue weighted by atomic mass is 19.1. The quantitative estimate of drug-likeness (QED) is 0.650. The Kier molecular flexibility index (Phi) is 8.09. The molecule has 2 rings (SSSR count). The molecule has 0 aliphatic heterocycles. The van der Waals surface area contributed by atoms with Crippen molar-refractivity contribution in [2.45, 2.75) is 45.7 Å². The van der Waals surface area contributed by atoms with Crippen LogP contribution in [-0.4, -0.2) is 37.0 Å². The second-order valence-corrected chi connectivity index (χ2v) is 7.26. The number of carbonyl (C=O) groups excluding carboxylic acids is 3. The molecule has 160 valence electrons. The zero-order valence-electron chi connectivity index (χ0n) is 17.6.